The number of nitrogens with zero attached hydrogens (tertiary/aromatic N) is 1. The van der Waals surface area contributed by atoms with Crippen LogP contribution in [-0.2, 0) is 6.54 Å². The number of likely N-dealkylation sites (N-methyl/N-ethyl adjacent to an activating group) is 1. The molecule has 1 aromatic carbocycles. The molecule has 0 radical (unpaired) electrons. The molecule has 0 heterocycles. The maximum atomic E-state index is 5.92. The Balaban J connectivity index is 2.67. The average Bonchev–Trinajstić information content (AvgIpc) is 1.98. The molecule has 2 N–H and O–H groups in total. The van der Waals surface area contributed by atoms with E-state index in [4.69, 9.17) is 17.3 Å². The fourth-order valence-corrected chi connectivity index (χ4v) is 1.86. The third-order valence-electron chi connectivity index (χ3n) is 1.97. The number of hydrogen-bond donors (Lipinski definition) is 1. The molecule has 0 spiro atoms. The molecular formula is C12H17ClN2. The molecule has 0 aliphatic carbocycles. The van der Waals surface area contributed by atoms with Gasteiger partial charge in [-0.3, -0.25) is 4.90 Å². The Labute approximate surface area is 96.3 Å². The largest absolute Gasteiger partial charge is 0.399 e. The second-order valence-electron chi connectivity index (χ2n) is 4.02. The maximum Gasteiger partial charge on any atom is 0.0429 e. The van der Waals surface area contributed by atoms with Crippen molar-refractivity contribution in [2.45, 2.75) is 13.5 Å². The molecule has 0 saturated heterocycles. The van der Waals surface area contributed by atoms with Gasteiger partial charge in [0, 0.05) is 23.8 Å². The summed E-state index contributed by atoms with van der Waals surface area (Å²) in [6, 6.07) is 5.64. The van der Waals surface area contributed by atoms with E-state index in [2.05, 4.69) is 11.5 Å². The summed E-state index contributed by atoms with van der Waals surface area (Å²) < 4.78 is 0. The number of hydrogen-bond acceptors (Lipinski definition) is 2. The smallest absolute Gasteiger partial charge is 0.0429 e. The zero-order chi connectivity index (χ0) is 11.4. The van der Waals surface area contributed by atoms with Crippen molar-refractivity contribution in [3.8, 4) is 0 Å². The summed E-state index contributed by atoms with van der Waals surface area (Å²) in [5.41, 5.74) is 8.70. The van der Waals surface area contributed by atoms with Crippen molar-refractivity contribution in [1.29, 1.82) is 0 Å². The first kappa shape index (κ1) is 12.1. The number of nitrogens with two attached hydrogens (primary N) is 1. The Morgan fingerprint density at radius 1 is 1.47 bits per heavy atom. The minimum atomic E-state index is 0.689. The minimum Gasteiger partial charge on any atom is -0.399 e. The molecule has 2 nitrogen and oxygen atoms in total. The van der Waals surface area contributed by atoms with E-state index in [0.717, 1.165) is 24.2 Å². The van der Waals surface area contributed by atoms with Crippen molar-refractivity contribution in [3.05, 3.63) is 40.9 Å². The molecule has 0 bridgehead atoms. The Morgan fingerprint density at radius 2 is 2.13 bits per heavy atom. The predicted molar refractivity (Wildman–Crippen MR) is 67.0 cm³/mol. The third kappa shape index (κ3) is 4.36. The van der Waals surface area contributed by atoms with E-state index in [1.807, 2.05) is 26.1 Å². The zero-order valence-corrected chi connectivity index (χ0v) is 10.0. The SMILES string of the molecule is C=C(C)CN(C)Cc1cc(N)cc(Cl)c1. The van der Waals surface area contributed by atoms with Crippen molar-refractivity contribution in [3.63, 3.8) is 0 Å². The van der Waals surface area contributed by atoms with Crippen LogP contribution in [0.5, 0.6) is 0 Å². The van der Waals surface area contributed by atoms with Gasteiger partial charge in [0.2, 0.25) is 0 Å². The molecule has 0 fully saturated rings. The highest BCUT2D eigenvalue weighted by Crippen LogP contribution is 2.17. The molecule has 0 aromatic heterocycles. The van der Waals surface area contributed by atoms with Crippen molar-refractivity contribution < 1.29 is 0 Å². The molecule has 0 unspecified atom stereocenters. The van der Waals surface area contributed by atoms with Gasteiger partial charge in [0.05, 0.1) is 0 Å². The highest BCUT2D eigenvalue weighted by molar-refractivity contribution is 6.30. The molecule has 0 amide bonds. The lowest BCUT2D eigenvalue weighted by Gasteiger charge is -2.16. The Kier molecular flexibility index (Phi) is 4.18. The van der Waals surface area contributed by atoms with E-state index in [1.54, 1.807) is 6.07 Å². The van der Waals surface area contributed by atoms with E-state index in [1.165, 1.54) is 0 Å². The lowest BCUT2D eigenvalue weighted by atomic mass is 10.2. The summed E-state index contributed by atoms with van der Waals surface area (Å²) in [4.78, 5) is 2.17. The van der Waals surface area contributed by atoms with Gasteiger partial charge in [-0.15, -0.1) is 0 Å². The van der Waals surface area contributed by atoms with Gasteiger partial charge in [-0.25, -0.2) is 0 Å². The molecule has 0 saturated carbocycles. The summed E-state index contributed by atoms with van der Waals surface area (Å²) in [7, 11) is 2.05. The van der Waals surface area contributed by atoms with Crippen molar-refractivity contribution in [1.82, 2.24) is 4.90 Å². The van der Waals surface area contributed by atoms with Crippen LogP contribution < -0.4 is 5.73 Å². The van der Waals surface area contributed by atoms with E-state index < -0.39 is 0 Å². The quantitative estimate of drug-likeness (QED) is 0.630. The molecule has 3 heteroatoms. The molecule has 1 aromatic rings. The van der Waals surface area contributed by atoms with Gasteiger partial charge in [0.15, 0.2) is 0 Å². The van der Waals surface area contributed by atoms with E-state index in [0.29, 0.717) is 10.7 Å². The lowest BCUT2D eigenvalue weighted by Crippen LogP contribution is -2.19. The number of rotatable bonds is 4. The first-order valence-electron chi connectivity index (χ1n) is 4.85. The number of halogens is 1. The molecule has 0 atom stereocenters. The molecule has 82 valence electrons. The van der Waals surface area contributed by atoms with Crippen LogP contribution >= 0.6 is 11.6 Å². The lowest BCUT2D eigenvalue weighted by molar-refractivity contribution is 0.355. The fraction of sp³-hybridized carbons (Fsp3) is 0.333. The van der Waals surface area contributed by atoms with Gasteiger partial charge in [0.1, 0.15) is 0 Å². The van der Waals surface area contributed by atoms with Gasteiger partial charge in [-0.1, -0.05) is 23.8 Å². The van der Waals surface area contributed by atoms with Crippen LogP contribution in [-0.4, -0.2) is 18.5 Å². The fourth-order valence-electron chi connectivity index (χ4n) is 1.60. The Bertz CT molecular complexity index is 340. The summed E-state index contributed by atoms with van der Waals surface area (Å²) in [6.07, 6.45) is 0. The number of anilines is 1. The normalized spacial score (nSPS) is 10.7. The van der Waals surface area contributed by atoms with Crippen LogP contribution in [0.15, 0.2) is 30.4 Å². The number of nitrogen functional groups attached to an aromatic ring is 1. The highest BCUT2D eigenvalue weighted by atomic mass is 35.5. The molecule has 0 aliphatic heterocycles. The van der Waals surface area contributed by atoms with E-state index >= 15 is 0 Å². The molecular weight excluding hydrogens is 208 g/mol. The minimum absolute atomic E-state index is 0.689. The predicted octanol–water partition coefficient (Wildman–Crippen LogP) is 2.93. The summed E-state index contributed by atoms with van der Waals surface area (Å²) in [5.74, 6) is 0. The van der Waals surface area contributed by atoms with Crippen LogP contribution in [0.1, 0.15) is 12.5 Å². The van der Waals surface area contributed by atoms with Crippen LogP contribution in [0.25, 0.3) is 0 Å². The van der Waals surface area contributed by atoms with Crippen LogP contribution in [0.2, 0.25) is 5.02 Å². The average molecular weight is 225 g/mol. The standard InChI is InChI=1S/C12H17ClN2/c1-9(2)7-15(3)8-10-4-11(13)6-12(14)5-10/h4-6H,1,7-8,14H2,2-3H3. The van der Waals surface area contributed by atoms with Crippen molar-refractivity contribution in [2.24, 2.45) is 0 Å². The second kappa shape index (κ2) is 5.19. The zero-order valence-electron chi connectivity index (χ0n) is 9.26. The highest BCUT2D eigenvalue weighted by Gasteiger charge is 2.02. The first-order chi connectivity index (χ1) is 6.97. The van der Waals surface area contributed by atoms with E-state index in [9.17, 15) is 0 Å². The van der Waals surface area contributed by atoms with Gasteiger partial charge < -0.3 is 5.73 Å². The van der Waals surface area contributed by atoms with Crippen molar-refractivity contribution >= 4 is 17.3 Å². The summed E-state index contributed by atoms with van der Waals surface area (Å²) in [5, 5.41) is 0.689. The molecule has 15 heavy (non-hydrogen) atoms. The van der Waals surface area contributed by atoms with Crippen molar-refractivity contribution in [2.75, 3.05) is 19.3 Å². The summed E-state index contributed by atoms with van der Waals surface area (Å²) in [6.45, 7) is 7.61. The van der Waals surface area contributed by atoms with Crippen LogP contribution in [0, 0.1) is 0 Å². The van der Waals surface area contributed by atoms with E-state index in [-0.39, 0.29) is 0 Å². The maximum absolute atomic E-state index is 5.92. The third-order valence-corrected chi connectivity index (χ3v) is 2.19. The van der Waals surface area contributed by atoms with Crippen LogP contribution in [0.3, 0.4) is 0 Å². The van der Waals surface area contributed by atoms with Gasteiger partial charge in [-0.2, -0.15) is 0 Å². The van der Waals surface area contributed by atoms with Gasteiger partial charge in [0.25, 0.3) is 0 Å². The topological polar surface area (TPSA) is 29.3 Å². The van der Waals surface area contributed by atoms with Gasteiger partial charge >= 0.3 is 0 Å². The second-order valence-corrected chi connectivity index (χ2v) is 4.46. The monoisotopic (exact) mass is 224 g/mol. The molecule has 1 rings (SSSR count). The first-order valence-corrected chi connectivity index (χ1v) is 5.23. The number of benzene rings is 1. The van der Waals surface area contributed by atoms with Gasteiger partial charge in [-0.05, 0) is 37.7 Å². The Hall–Kier alpha value is -0.990. The Morgan fingerprint density at radius 3 is 2.67 bits per heavy atom. The molecule has 0 aliphatic rings. The van der Waals surface area contributed by atoms with Crippen LogP contribution in [0.4, 0.5) is 5.69 Å². The summed E-state index contributed by atoms with van der Waals surface area (Å²) >= 11 is 5.92.